The van der Waals surface area contributed by atoms with E-state index in [1.807, 2.05) is 41.8 Å². The summed E-state index contributed by atoms with van der Waals surface area (Å²) in [6.07, 6.45) is 4.33. The number of pyridine rings is 2. The first kappa shape index (κ1) is 11.2. The van der Waals surface area contributed by atoms with Crippen molar-refractivity contribution in [3.8, 4) is 0 Å². The molecular weight excluding hydrogens is 248 g/mol. The lowest BCUT2D eigenvalue weighted by Gasteiger charge is -2.02. The van der Waals surface area contributed by atoms with Crippen molar-refractivity contribution in [3.63, 3.8) is 0 Å². The lowest BCUT2D eigenvalue weighted by atomic mass is 10.2. The molecule has 0 bridgehead atoms. The number of nitrogens with zero attached hydrogens (tertiary/aromatic N) is 4. The Bertz CT molecular complexity index is 691. The molecule has 3 heterocycles. The summed E-state index contributed by atoms with van der Waals surface area (Å²) in [6.45, 7) is 1.94. The summed E-state index contributed by atoms with van der Waals surface area (Å²) in [5.74, 6) is 0.864. The number of hydrogen-bond acceptors (Lipinski definition) is 3. The topological polar surface area (TPSA) is 43.1 Å². The fourth-order valence-corrected chi connectivity index (χ4v) is 2.03. The maximum Gasteiger partial charge on any atom is 0.165 e. The summed E-state index contributed by atoms with van der Waals surface area (Å²) in [4.78, 5) is 4.29. The summed E-state index contributed by atoms with van der Waals surface area (Å²) in [7, 11) is 0. The SMILES string of the molecule is Cc1c(Cl)ccn2c(Cc3ccccn3)nnc12. The van der Waals surface area contributed by atoms with Gasteiger partial charge in [-0.2, -0.15) is 0 Å². The molecule has 5 heteroatoms. The second-order valence-electron chi connectivity index (χ2n) is 4.10. The van der Waals surface area contributed by atoms with Crippen LogP contribution < -0.4 is 0 Å². The van der Waals surface area contributed by atoms with E-state index in [1.165, 1.54) is 0 Å². The Morgan fingerprint density at radius 2 is 2.11 bits per heavy atom. The average molecular weight is 259 g/mol. The lowest BCUT2D eigenvalue weighted by molar-refractivity contribution is 0.908. The van der Waals surface area contributed by atoms with E-state index < -0.39 is 0 Å². The maximum atomic E-state index is 6.06. The largest absolute Gasteiger partial charge is 0.286 e. The van der Waals surface area contributed by atoms with E-state index in [1.54, 1.807) is 6.20 Å². The molecule has 0 atom stereocenters. The lowest BCUT2D eigenvalue weighted by Crippen LogP contribution is -1.98. The first-order valence-corrected chi connectivity index (χ1v) is 6.02. The molecule has 0 N–H and O–H groups in total. The molecule has 0 aliphatic carbocycles. The normalized spacial score (nSPS) is 11.0. The predicted octanol–water partition coefficient (Wildman–Crippen LogP) is 2.68. The van der Waals surface area contributed by atoms with Gasteiger partial charge in [-0.3, -0.25) is 9.38 Å². The quantitative estimate of drug-likeness (QED) is 0.710. The molecule has 3 aromatic rings. The molecule has 0 amide bonds. The summed E-state index contributed by atoms with van der Waals surface area (Å²) in [6, 6.07) is 7.70. The van der Waals surface area contributed by atoms with Gasteiger partial charge in [-0.05, 0) is 25.1 Å². The van der Waals surface area contributed by atoms with Crippen LogP contribution in [0.15, 0.2) is 36.7 Å². The highest BCUT2D eigenvalue weighted by Gasteiger charge is 2.10. The zero-order chi connectivity index (χ0) is 12.5. The fourth-order valence-electron chi connectivity index (χ4n) is 1.89. The standard InChI is InChI=1S/C13H11ClN4/c1-9-11(14)5-7-18-12(16-17-13(9)18)8-10-4-2-3-6-15-10/h2-7H,8H2,1H3. The van der Waals surface area contributed by atoms with Gasteiger partial charge >= 0.3 is 0 Å². The molecule has 18 heavy (non-hydrogen) atoms. The maximum absolute atomic E-state index is 6.06. The first-order valence-electron chi connectivity index (χ1n) is 5.64. The van der Waals surface area contributed by atoms with Gasteiger partial charge in [-0.1, -0.05) is 17.7 Å². The third-order valence-corrected chi connectivity index (χ3v) is 3.30. The zero-order valence-corrected chi connectivity index (χ0v) is 10.6. The minimum absolute atomic E-state index is 0.656. The number of aryl methyl sites for hydroxylation is 1. The smallest absolute Gasteiger partial charge is 0.165 e. The second kappa shape index (κ2) is 4.38. The van der Waals surface area contributed by atoms with E-state index in [4.69, 9.17) is 11.6 Å². The van der Waals surface area contributed by atoms with Gasteiger partial charge in [0, 0.05) is 28.7 Å². The van der Waals surface area contributed by atoms with Crippen LogP contribution in [-0.4, -0.2) is 19.6 Å². The van der Waals surface area contributed by atoms with Crippen molar-refractivity contribution >= 4 is 17.2 Å². The van der Waals surface area contributed by atoms with Crippen LogP contribution in [0.25, 0.3) is 5.65 Å². The van der Waals surface area contributed by atoms with Crippen LogP contribution in [0.5, 0.6) is 0 Å². The van der Waals surface area contributed by atoms with E-state index in [-0.39, 0.29) is 0 Å². The fraction of sp³-hybridized carbons (Fsp3) is 0.154. The van der Waals surface area contributed by atoms with Crippen molar-refractivity contribution in [3.05, 3.63) is 58.8 Å². The molecule has 0 aromatic carbocycles. The van der Waals surface area contributed by atoms with Crippen molar-refractivity contribution in [2.75, 3.05) is 0 Å². The molecule has 3 rings (SSSR count). The number of rotatable bonds is 2. The van der Waals surface area contributed by atoms with Crippen molar-refractivity contribution < 1.29 is 0 Å². The minimum atomic E-state index is 0.656. The van der Waals surface area contributed by atoms with E-state index in [0.29, 0.717) is 11.4 Å². The highest BCUT2D eigenvalue weighted by Crippen LogP contribution is 2.19. The van der Waals surface area contributed by atoms with Crippen LogP contribution in [0.4, 0.5) is 0 Å². The minimum Gasteiger partial charge on any atom is -0.286 e. The molecule has 0 fully saturated rings. The summed E-state index contributed by atoms with van der Waals surface area (Å²) in [5, 5.41) is 9.09. The molecule has 0 aliphatic heterocycles. The molecule has 0 saturated carbocycles. The van der Waals surface area contributed by atoms with E-state index >= 15 is 0 Å². The van der Waals surface area contributed by atoms with E-state index in [0.717, 1.165) is 22.7 Å². The van der Waals surface area contributed by atoms with Gasteiger partial charge in [0.1, 0.15) is 5.82 Å². The summed E-state index contributed by atoms with van der Waals surface area (Å²) in [5.41, 5.74) is 2.71. The highest BCUT2D eigenvalue weighted by molar-refractivity contribution is 6.31. The Labute approximate surface area is 109 Å². The highest BCUT2D eigenvalue weighted by atomic mass is 35.5. The van der Waals surface area contributed by atoms with Crippen molar-refractivity contribution in [2.24, 2.45) is 0 Å². The Balaban J connectivity index is 2.06. The van der Waals surface area contributed by atoms with Crippen LogP contribution in [0.3, 0.4) is 0 Å². The Morgan fingerprint density at radius 1 is 1.22 bits per heavy atom. The molecule has 4 nitrogen and oxygen atoms in total. The van der Waals surface area contributed by atoms with Gasteiger partial charge in [0.05, 0.1) is 6.42 Å². The second-order valence-corrected chi connectivity index (χ2v) is 4.50. The Morgan fingerprint density at radius 3 is 2.89 bits per heavy atom. The molecule has 0 radical (unpaired) electrons. The monoisotopic (exact) mass is 258 g/mol. The molecule has 90 valence electrons. The van der Waals surface area contributed by atoms with Gasteiger partial charge in [0.15, 0.2) is 5.65 Å². The van der Waals surface area contributed by atoms with Crippen LogP contribution in [0.1, 0.15) is 17.1 Å². The van der Waals surface area contributed by atoms with E-state index in [2.05, 4.69) is 15.2 Å². The van der Waals surface area contributed by atoms with Crippen molar-refractivity contribution in [2.45, 2.75) is 13.3 Å². The van der Waals surface area contributed by atoms with Gasteiger partial charge in [0.2, 0.25) is 0 Å². The zero-order valence-electron chi connectivity index (χ0n) is 9.84. The van der Waals surface area contributed by atoms with Gasteiger partial charge < -0.3 is 0 Å². The van der Waals surface area contributed by atoms with Crippen LogP contribution in [-0.2, 0) is 6.42 Å². The Kier molecular flexibility index (Phi) is 2.72. The number of aromatic nitrogens is 4. The molecule has 3 aromatic heterocycles. The molecule has 0 spiro atoms. The van der Waals surface area contributed by atoms with Crippen LogP contribution in [0.2, 0.25) is 5.02 Å². The predicted molar refractivity (Wildman–Crippen MR) is 69.8 cm³/mol. The summed E-state index contributed by atoms with van der Waals surface area (Å²) < 4.78 is 1.95. The molecule has 0 unspecified atom stereocenters. The molecule has 0 aliphatic rings. The molecule has 0 saturated heterocycles. The van der Waals surface area contributed by atoms with Crippen molar-refractivity contribution in [1.29, 1.82) is 0 Å². The first-order chi connectivity index (χ1) is 8.75. The number of fused-ring (bicyclic) bond motifs is 1. The average Bonchev–Trinajstić information content (AvgIpc) is 2.79. The van der Waals surface area contributed by atoms with Gasteiger partial charge in [-0.25, -0.2) is 0 Å². The van der Waals surface area contributed by atoms with Gasteiger partial charge in [0.25, 0.3) is 0 Å². The number of hydrogen-bond donors (Lipinski definition) is 0. The third-order valence-electron chi connectivity index (χ3n) is 2.90. The van der Waals surface area contributed by atoms with Crippen LogP contribution in [0, 0.1) is 6.92 Å². The van der Waals surface area contributed by atoms with E-state index in [9.17, 15) is 0 Å². The Hall–Kier alpha value is -1.94. The van der Waals surface area contributed by atoms with Crippen molar-refractivity contribution in [1.82, 2.24) is 19.6 Å². The van der Waals surface area contributed by atoms with Crippen LogP contribution >= 0.6 is 11.6 Å². The number of halogens is 1. The molecular formula is C13H11ClN4. The summed E-state index contributed by atoms with van der Waals surface area (Å²) >= 11 is 6.06. The van der Waals surface area contributed by atoms with Gasteiger partial charge in [-0.15, -0.1) is 10.2 Å². The third kappa shape index (κ3) is 1.84.